The highest BCUT2D eigenvalue weighted by Crippen LogP contribution is 2.47. The second-order valence-corrected chi connectivity index (χ2v) is 9.24. The molecule has 0 saturated carbocycles. The van der Waals surface area contributed by atoms with Crippen LogP contribution >= 0.6 is 11.6 Å². The zero-order chi connectivity index (χ0) is 24.6. The summed E-state index contributed by atoms with van der Waals surface area (Å²) in [4.78, 5) is 29.2. The molecule has 3 heterocycles. The fourth-order valence-electron chi connectivity index (χ4n) is 4.97. The second kappa shape index (κ2) is 9.09. The minimum Gasteiger partial charge on any atom is -0.469 e. The Morgan fingerprint density at radius 1 is 0.917 bits per heavy atom. The van der Waals surface area contributed by atoms with Gasteiger partial charge in [0.2, 0.25) is 0 Å². The summed E-state index contributed by atoms with van der Waals surface area (Å²) >= 11 is 6.02. The van der Waals surface area contributed by atoms with E-state index in [9.17, 15) is 9.59 Å². The maximum atomic E-state index is 13.9. The number of furan rings is 2. The zero-order valence-corrected chi connectivity index (χ0v) is 19.9. The minimum atomic E-state index is -0.761. The fourth-order valence-corrected chi connectivity index (χ4v) is 5.10. The van der Waals surface area contributed by atoms with E-state index in [2.05, 4.69) is 10.6 Å². The number of benzene rings is 2. The van der Waals surface area contributed by atoms with Gasteiger partial charge in [-0.3, -0.25) is 9.69 Å². The maximum Gasteiger partial charge on any atom is 0.327 e. The summed E-state index contributed by atoms with van der Waals surface area (Å²) in [5.74, 6) is 1.10. The number of amides is 2. The molecule has 36 heavy (non-hydrogen) atoms. The zero-order valence-electron chi connectivity index (χ0n) is 19.1. The number of hydrogen-bond donors (Lipinski definition) is 2. The van der Waals surface area contributed by atoms with Crippen LogP contribution in [0.5, 0.6) is 0 Å². The van der Waals surface area contributed by atoms with E-state index in [-0.39, 0.29) is 18.1 Å². The molecule has 2 N–H and O–H groups in total. The Labute approximate surface area is 212 Å². The third-order valence-corrected chi connectivity index (χ3v) is 6.81. The van der Waals surface area contributed by atoms with Crippen molar-refractivity contribution in [2.24, 2.45) is 0 Å². The predicted octanol–water partition coefficient (Wildman–Crippen LogP) is 7.13. The number of ketones is 1. The van der Waals surface area contributed by atoms with Crippen LogP contribution in [0, 0.1) is 0 Å². The fraction of sp³-hybridized carbons (Fsp3) is 0.143. The Hall–Kier alpha value is -4.23. The van der Waals surface area contributed by atoms with Crippen molar-refractivity contribution in [2.45, 2.75) is 24.8 Å². The Bertz CT molecular complexity index is 1440. The van der Waals surface area contributed by atoms with E-state index >= 15 is 0 Å². The Kier molecular flexibility index (Phi) is 5.62. The SMILES string of the molecule is O=C1C[C@@H](c2ccco2)CC2=C1[C@@H](c1ccco1)N(C(=O)Nc1ccc(Cl)cc1)c1ccccc1N2. The topological polar surface area (TPSA) is 87.7 Å². The molecular weight excluding hydrogens is 478 g/mol. The van der Waals surface area contributed by atoms with E-state index in [1.165, 1.54) is 0 Å². The summed E-state index contributed by atoms with van der Waals surface area (Å²) in [5, 5.41) is 6.99. The summed E-state index contributed by atoms with van der Waals surface area (Å²) in [6.07, 6.45) is 4.00. The predicted molar refractivity (Wildman–Crippen MR) is 137 cm³/mol. The van der Waals surface area contributed by atoms with Gasteiger partial charge < -0.3 is 19.5 Å². The van der Waals surface area contributed by atoms with Gasteiger partial charge in [0.15, 0.2) is 5.78 Å². The van der Waals surface area contributed by atoms with Gasteiger partial charge in [-0.2, -0.15) is 0 Å². The lowest BCUT2D eigenvalue weighted by atomic mass is 9.81. The van der Waals surface area contributed by atoms with Crippen molar-refractivity contribution in [3.63, 3.8) is 0 Å². The number of carbonyl (C=O) groups excluding carboxylic acids is 2. The van der Waals surface area contributed by atoms with E-state index in [1.807, 2.05) is 36.4 Å². The summed E-state index contributed by atoms with van der Waals surface area (Å²) < 4.78 is 11.4. The Balaban J connectivity index is 1.49. The molecule has 1 aliphatic heterocycles. The molecule has 2 aromatic heterocycles. The van der Waals surface area contributed by atoms with Crippen molar-refractivity contribution in [1.29, 1.82) is 0 Å². The maximum absolute atomic E-state index is 13.9. The van der Waals surface area contributed by atoms with Crippen molar-refractivity contribution in [1.82, 2.24) is 0 Å². The molecule has 0 unspecified atom stereocenters. The van der Waals surface area contributed by atoms with Gasteiger partial charge in [0, 0.05) is 34.3 Å². The highest BCUT2D eigenvalue weighted by molar-refractivity contribution is 6.30. The molecule has 0 fully saturated rings. The summed E-state index contributed by atoms with van der Waals surface area (Å²) in [6, 6.07) is 20.5. The highest BCUT2D eigenvalue weighted by Gasteiger charge is 2.43. The normalized spacial score (nSPS) is 19.2. The number of rotatable bonds is 3. The van der Waals surface area contributed by atoms with Crippen molar-refractivity contribution in [2.75, 3.05) is 15.5 Å². The molecule has 2 atom stereocenters. The molecule has 2 amide bonds. The molecule has 4 aromatic rings. The van der Waals surface area contributed by atoms with Crippen LogP contribution in [0.4, 0.5) is 21.9 Å². The van der Waals surface area contributed by atoms with Crippen LogP contribution in [0.3, 0.4) is 0 Å². The first-order valence-corrected chi connectivity index (χ1v) is 12.0. The number of para-hydroxylation sites is 2. The lowest BCUT2D eigenvalue weighted by molar-refractivity contribution is -0.116. The molecule has 1 aliphatic carbocycles. The molecule has 180 valence electrons. The van der Waals surface area contributed by atoms with Crippen LogP contribution in [-0.4, -0.2) is 11.8 Å². The van der Waals surface area contributed by atoms with Crippen LogP contribution < -0.4 is 15.5 Å². The van der Waals surface area contributed by atoms with Gasteiger partial charge in [-0.25, -0.2) is 4.79 Å². The van der Waals surface area contributed by atoms with Crippen molar-refractivity contribution in [3.05, 3.63) is 113 Å². The molecule has 0 saturated heterocycles. The molecule has 0 bridgehead atoms. The third kappa shape index (κ3) is 3.97. The number of fused-ring (bicyclic) bond motifs is 1. The molecule has 7 nitrogen and oxygen atoms in total. The molecule has 0 radical (unpaired) electrons. The average Bonchev–Trinajstić information content (AvgIpc) is 3.58. The lowest BCUT2D eigenvalue weighted by Gasteiger charge is -2.33. The number of nitrogens with one attached hydrogen (secondary N) is 2. The molecule has 2 aromatic carbocycles. The standard InChI is InChI=1S/C28H22ClN3O4/c29-18-9-11-19(12-10-18)30-28(34)32-22-6-2-1-5-20(22)31-21-15-17(24-7-3-13-35-24)16-23(33)26(21)27(32)25-8-4-14-36-25/h1-14,17,27,31H,15-16H2,(H,30,34)/t17-,27+/m0/s1. The molecular formula is C28H22ClN3O4. The van der Waals surface area contributed by atoms with Crippen molar-refractivity contribution >= 4 is 40.5 Å². The van der Waals surface area contributed by atoms with Crippen molar-refractivity contribution in [3.8, 4) is 0 Å². The first-order valence-electron chi connectivity index (χ1n) is 11.6. The molecule has 2 aliphatic rings. The van der Waals surface area contributed by atoms with Crippen LogP contribution in [0.25, 0.3) is 0 Å². The van der Waals surface area contributed by atoms with Crippen molar-refractivity contribution < 1.29 is 18.4 Å². The van der Waals surface area contributed by atoms with E-state index < -0.39 is 12.1 Å². The van der Waals surface area contributed by atoms with E-state index in [0.717, 1.165) is 17.1 Å². The van der Waals surface area contributed by atoms with Gasteiger partial charge in [-0.05, 0) is 67.1 Å². The van der Waals surface area contributed by atoms with E-state index in [0.29, 0.717) is 34.2 Å². The van der Waals surface area contributed by atoms with Gasteiger partial charge in [0.05, 0.1) is 23.9 Å². The lowest BCUT2D eigenvalue weighted by Crippen LogP contribution is -2.40. The van der Waals surface area contributed by atoms with E-state index in [1.54, 1.807) is 53.8 Å². The number of urea groups is 1. The first kappa shape index (κ1) is 22.2. The van der Waals surface area contributed by atoms with Crippen LogP contribution in [0.15, 0.2) is 105 Å². The monoisotopic (exact) mass is 499 g/mol. The number of hydrogen-bond acceptors (Lipinski definition) is 5. The third-order valence-electron chi connectivity index (χ3n) is 6.56. The summed E-state index contributed by atoms with van der Waals surface area (Å²) in [6.45, 7) is 0. The van der Waals surface area contributed by atoms with Gasteiger partial charge in [0.25, 0.3) is 0 Å². The second-order valence-electron chi connectivity index (χ2n) is 8.80. The number of halogens is 1. The summed E-state index contributed by atoms with van der Waals surface area (Å²) in [7, 11) is 0. The Morgan fingerprint density at radius 2 is 1.64 bits per heavy atom. The van der Waals surface area contributed by atoms with Gasteiger partial charge in [0.1, 0.15) is 17.6 Å². The quantitative estimate of drug-likeness (QED) is 0.313. The number of anilines is 3. The van der Waals surface area contributed by atoms with Gasteiger partial charge in [-0.1, -0.05) is 23.7 Å². The largest absolute Gasteiger partial charge is 0.469 e. The van der Waals surface area contributed by atoms with E-state index in [4.69, 9.17) is 20.4 Å². The molecule has 8 heteroatoms. The number of allylic oxidation sites excluding steroid dienone is 1. The smallest absolute Gasteiger partial charge is 0.327 e. The minimum absolute atomic E-state index is 0.0661. The van der Waals surface area contributed by atoms with Gasteiger partial charge >= 0.3 is 6.03 Å². The number of carbonyl (C=O) groups is 2. The van der Waals surface area contributed by atoms with Gasteiger partial charge in [-0.15, -0.1) is 0 Å². The highest BCUT2D eigenvalue weighted by atomic mass is 35.5. The number of Topliss-reactive ketones (excluding diaryl/α,β-unsaturated/α-hetero) is 1. The number of nitrogens with zero attached hydrogens (tertiary/aromatic N) is 1. The molecule has 0 spiro atoms. The Morgan fingerprint density at radius 3 is 2.36 bits per heavy atom. The first-order chi connectivity index (χ1) is 17.6. The van der Waals surface area contributed by atoms with Crippen LogP contribution in [-0.2, 0) is 4.79 Å². The summed E-state index contributed by atoms with van der Waals surface area (Å²) in [5.41, 5.74) is 3.19. The van der Waals surface area contributed by atoms with Crippen LogP contribution in [0.1, 0.15) is 36.3 Å². The van der Waals surface area contributed by atoms with Crippen LogP contribution in [0.2, 0.25) is 5.02 Å². The average molecular weight is 500 g/mol. The molecule has 6 rings (SSSR count).